The highest BCUT2D eigenvalue weighted by Gasteiger charge is 2.47. The summed E-state index contributed by atoms with van der Waals surface area (Å²) < 4.78 is 59.0. The van der Waals surface area contributed by atoms with Crippen molar-refractivity contribution in [3.8, 4) is 5.75 Å². The van der Waals surface area contributed by atoms with Gasteiger partial charge in [-0.05, 0) is 80.8 Å². The average molecular weight is 716 g/mol. The Morgan fingerprint density at radius 2 is 1.59 bits per heavy atom. The van der Waals surface area contributed by atoms with Crippen molar-refractivity contribution in [2.45, 2.75) is 75.6 Å². The Morgan fingerprint density at radius 3 is 2.20 bits per heavy atom. The maximum absolute atomic E-state index is 14.7. The van der Waals surface area contributed by atoms with E-state index in [0.717, 1.165) is 55.2 Å². The summed E-state index contributed by atoms with van der Waals surface area (Å²) in [6.45, 7) is 6.07. The molecule has 12 heteroatoms. The molecule has 3 heterocycles. The van der Waals surface area contributed by atoms with Crippen LogP contribution in [0.5, 0.6) is 5.75 Å². The minimum atomic E-state index is -4.52. The number of benzene rings is 2. The van der Waals surface area contributed by atoms with Crippen LogP contribution >= 0.6 is 0 Å². The number of methoxy groups -OCH3 is 2. The number of hydrogen-bond donors (Lipinski definition) is 1. The number of aliphatic carboxylic acids is 1. The van der Waals surface area contributed by atoms with Crippen LogP contribution in [0.25, 0.3) is 0 Å². The van der Waals surface area contributed by atoms with Crippen molar-refractivity contribution < 1.29 is 42.1 Å². The quantitative estimate of drug-likeness (QED) is 0.292. The molecule has 0 aromatic heterocycles. The normalized spacial score (nSPS) is 28.0. The number of carboxylic acid groups (broad SMARTS) is 1. The fourth-order valence-corrected chi connectivity index (χ4v) is 9.08. The summed E-state index contributed by atoms with van der Waals surface area (Å²) in [5.74, 6) is -1.19. The smallest absolute Gasteiger partial charge is 0.416 e. The van der Waals surface area contributed by atoms with Gasteiger partial charge in [0, 0.05) is 82.5 Å². The minimum Gasteiger partial charge on any atom is -0.497 e. The molecule has 0 spiro atoms. The lowest BCUT2D eigenvalue weighted by atomic mass is 9.86. The number of amides is 1. The minimum absolute atomic E-state index is 0.00916. The van der Waals surface area contributed by atoms with Gasteiger partial charge in [0.2, 0.25) is 5.91 Å². The van der Waals surface area contributed by atoms with Gasteiger partial charge in [-0.1, -0.05) is 18.2 Å². The number of ether oxygens (including phenoxy) is 3. The summed E-state index contributed by atoms with van der Waals surface area (Å²) >= 11 is 0. The Bertz CT molecular complexity index is 1490. The number of nitrogens with zero attached hydrogens (tertiary/aromatic N) is 3. The molecular formula is C39H52F3N3O6. The van der Waals surface area contributed by atoms with Crippen molar-refractivity contribution in [1.82, 2.24) is 9.80 Å². The summed E-state index contributed by atoms with van der Waals surface area (Å²) in [5.41, 5.74) is 1.58. The molecule has 0 unspecified atom stereocenters. The number of likely N-dealkylation sites (tertiary alicyclic amines) is 2. The second kappa shape index (κ2) is 16.1. The lowest BCUT2D eigenvalue weighted by Crippen LogP contribution is -2.40. The van der Waals surface area contributed by atoms with Crippen LogP contribution in [-0.2, 0) is 25.2 Å². The summed E-state index contributed by atoms with van der Waals surface area (Å²) in [7, 11) is 3.25. The molecule has 3 aliphatic heterocycles. The zero-order valence-corrected chi connectivity index (χ0v) is 29.9. The molecule has 3 saturated heterocycles. The number of piperidine rings is 1. The SMILES string of the molecule is CCO[C@H]1CC[C@H](N2C[C@@H](C(=O)N3C[C@H](COC)[C@@H](c4ccc(C(F)(F)F)cc4N4CCC(C(=O)O)CC4)C3)[C@H](c3ccc(OC)cc3)C2)CC1. The average Bonchev–Trinajstić information content (AvgIpc) is 3.77. The first-order valence-electron chi connectivity index (χ1n) is 18.5. The van der Waals surface area contributed by atoms with E-state index in [9.17, 15) is 27.9 Å². The summed E-state index contributed by atoms with van der Waals surface area (Å²) in [4.78, 5) is 32.7. The number of carbonyl (C=O) groups is 2. The molecule has 1 amide bonds. The zero-order chi connectivity index (χ0) is 36.3. The maximum Gasteiger partial charge on any atom is 0.416 e. The van der Waals surface area contributed by atoms with Crippen LogP contribution in [0.15, 0.2) is 42.5 Å². The molecule has 9 nitrogen and oxygen atoms in total. The number of carboxylic acids is 1. The second-order valence-corrected chi connectivity index (χ2v) is 14.8. The van der Waals surface area contributed by atoms with Crippen molar-refractivity contribution in [2.75, 3.05) is 71.6 Å². The summed E-state index contributed by atoms with van der Waals surface area (Å²) in [6.07, 6.45) is 0.574. The van der Waals surface area contributed by atoms with E-state index < -0.39 is 23.6 Å². The van der Waals surface area contributed by atoms with Gasteiger partial charge in [-0.3, -0.25) is 14.5 Å². The van der Waals surface area contributed by atoms with E-state index in [1.165, 1.54) is 6.07 Å². The van der Waals surface area contributed by atoms with Crippen LogP contribution in [0.1, 0.15) is 74.0 Å². The molecule has 2 aromatic rings. The Labute approximate surface area is 299 Å². The van der Waals surface area contributed by atoms with Crippen LogP contribution in [0.4, 0.5) is 18.9 Å². The van der Waals surface area contributed by atoms with Crippen LogP contribution in [0.3, 0.4) is 0 Å². The van der Waals surface area contributed by atoms with Gasteiger partial charge in [0.05, 0.1) is 37.2 Å². The molecule has 1 saturated carbocycles. The van der Waals surface area contributed by atoms with Crippen LogP contribution < -0.4 is 9.64 Å². The molecule has 6 rings (SSSR count). The molecule has 280 valence electrons. The van der Waals surface area contributed by atoms with Gasteiger partial charge < -0.3 is 29.1 Å². The molecule has 1 N–H and O–H groups in total. The Morgan fingerprint density at radius 1 is 0.882 bits per heavy atom. The van der Waals surface area contributed by atoms with Gasteiger partial charge in [-0.25, -0.2) is 0 Å². The molecule has 0 bridgehead atoms. The lowest BCUT2D eigenvalue weighted by Gasteiger charge is -2.35. The third-order valence-electron chi connectivity index (χ3n) is 11.8. The van der Waals surface area contributed by atoms with E-state index in [2.05, 4.69) is 17.0 Å². The number of halogens is 3. The van der Waals surface area contributed by atoms with Gasteiger partial charge >= 0.3 is 12.1 Å². The Hall–Kier alpha value is -3.35. The first-order chi connectivity index (χ1) is 24.5. The second-order valence-electron chi connectivity index (χ2n) is 14.8. The van der Waals surface area contributed by atoms with Crippen LogP contribution in [0, 0.1) is 17.8 Å². The molecular weight excluding hydrogens is 663 g/mol. The van der Waals surface area contributed by atoms with E-state index in [1.54, 1.807) is 20.3 Å². The van der Waals surface area contributed by atoms with Crippen molar-refractivity contribution in [2.24, 2.45) is 17.8 Å². The lowest BCUT2D eigenvalue weighted by molar-refractivity contribution is -0.142. The largest absolute Gasteiger partial charge is 0.497 e. The summed E-state index contributed by atoms with van der Waals surface area (Å²) in [6, 6.07) is 12.3. The predicted octanol–water partition coefficient (Wildman–Crippen LogP) is 6.27. The predicted molar refractivity (Wildman–Crippen MR) is 187 cm³/mol. The highest BCUT2D eigenvalue weighted by molar-refractivity contribution is 5.81. The number of anilines is 1. The highest BCUT2D eigenvalue weighted by atomic mass is 19.4. The standard InChI is InChI=1S/C39H52F3N3O6/c1-4-51-31-12-8-29(9-13-31)44-21-33(25-5-10-30(50-3)11-6-25)35(23-44)37(46)45-20-27(24-49-2)34(22-45)32-14-7-28(39(40,41)42)19-36(32)43-17-15-26(16-18-43)38(47)48/h5-7,10-11,14,19,26-27,29,31,33-35H,4,8-9,12-13,15-18,20-24H2,1-3H3,(H,47,48)/t27-,29-,31-,33+,34+,35-/m1/s1. The van der Waals surface area contributed by atoms with Gasteiger partial charge in [0.1, 0.15) is 5.75 Å². The third-order valence-corrected chi connectivity index (χ3v) is 11.8. The van der Waals surface area contributed by atoms with Crippen molar-refractivity contribution in [1.29, 1.82) is 0 Å². The first kappa shape index (κ1) is 37.4. The van der Waals surface area contributed by atoms with E-state index in [0.29, 0.717) is 76.6 Å². The molecule has 4 atom stereocenters. The molecule has 4 fully saturated rings. The first-order valence-corrected chi connectivity index (χ1v) is 18.5. The molecule has 4 aliphatic rings. The number of alkyl halides is 3. The van der Waals surface area contributed by atoms with E-state index >= 15 is 0 Å². The fourth-order valence-electron chi connectivity index (χ4n) is 9.08. The summed E-state index contributed by atoms with van der Waals surface area (Å²) in [5, 5.41) is 9.54. The Balaban J connectivity index is 1.26. The Kier molecular flexibility index (Phi) is 11.8. The molecule has 1 aliphatic carbocycles. The molecule has 0 radical (unpaired) electrons. The number of hydrogen-bond acceptors (Lipinski definition) is 7. The number of carbonyl (C=O) groups excluding carboxylic acids is 1. The van der Waals surface area contributed by atoms with Crippen LogP contribution in [0.2, 0.25) is 0 Å². The molecule has 51 heavy (non-hydrogen) atoms. The fraction of sp³-hybridized carbons (Fsp3) is 0.641. The monoisotopic (exact) mass is 715 g/mol. The van der Waals surface area contributed by atoms with Gasteiger partial charge in [0.15, 0.2) is 0 Å². The zero-order valence-electron chi connectivity index (χ0n) is 29.9. The molecule has 2 aromatic carbocycles. The van der Waals surface area contributed by atoms with Gasteiger partial charge in [-0.15, -0.1) is 0 Å². The van der Waals surface area contributed by atoms with Crippen LogP contribution in [-0.4, -0.2) is 106 Å². The highest BCUT2D eigenvalue weighted by Crippen LogP contribution is 2.44. The van der Waals surface area contributed by atoms with Crippen molar-refractivity contribution >= 4 is 17.6 Å². The van der Waals surface area contributed by atoms with Crippen molar-refractivity contribution in [3.05, 3.63) is 59.2 Å². The van der Waals surface area contributed by atoms with E-state index in [-0.39, 0.29) is 29.6 Å². The maximum atomic E-state index is 14.7. The topological polar surface area (TPSA) is 91.8 Å². The van der Waals surface area contributed by atoms with Gasteiger partial charge in [0.25, 0.3) is 0 Å². The van der Waals surface area contributed by atoms with E-state index in [1.807, 2.05) is 28.9 Å². The van der Waals surface area contributed by atoms with E-state index in [4.69, 9.17) is 14.2 Å². The van der Waals surface area contributed by atoms with Crippen molar-refractivity contribution in [3.63, 3.8) is 0 Å². The van der Waals surface area contributed by atoms with Gasteiger partial charge in [-0.2, -0.15) is 13.2 Å². The number of rotatable bonds is 11. The third kappa shape index (κ3) is 8.33.